The van der Waals surface area contributed by atoms with Crippen LogP contribution in [0, 0.1) is 11.3 Å². The predicted molar refractivity (Wildman–Crippen MR) is 98.8 cm³/mol. The Morgan fingerprint density at radius 2 is 1.79 bits per heavy atom. The summed E-state index contributed by atoms with van der Waals surface area (Å²) in [7, 11) is 0. The smallest absolute Gasteiger partial charge is 0.416 e. The number of ether oxygens (including phenoxy) is 1. The van der Waals surface area contributed by atoms with Gasteiger partial charge in [-0.1, -0.05) is 35.6 Å². The van der Waals surface area contributed by atoms with Crippen molar-refractivity contribution in [2.45, 2.75) is 12.1 Å². The fourth-order valence-electron chi connectivity index (χ4n) is 3.26. The molecule has 0 saturated heterocycles. The van der Waals surface area contributed by atoms with Crippen molar-refractivity contribution >= 4 is 21.4 Å². The summed E-state index contributed by atoms with van der Waals surface area (Å²) in [6, 6.07) is 13.4. The van der Waals surface area contributed by atoms with Gasteiger partial charge in [0.2, 0.25) is 10.6 Å². The third-order valence-corrected chi connectivity index (χ3v) is 5.53. The Bertz CT molecular complexity index is 1220. The van der Waals surface area contributed by atoms with Gasteiger partial charge in [0.05, 0.1) is 17.0 Å². The summed E-state index contributed by atoms with van der Waals surface area (Å²) in [5.41, 5.74) is 5.67. The van der Waals surface area contributed by atoms with Crippen LogP contribution in [0.5, 0.6) is 5.75 Å². The number of alkyl halides is 3. The van der Waals surface area contributed by atoms with Crippen molar-refractivity contribution in [3.05, 3.63) is 86.2 Å². The lowest BCUT2D eigenvalue weighted by Gasteiger charge is -2.26. The first kappa shape index (κ1) is 18.1. The molecule has 3 aromatic rings. The third-order valence-electron chi connectivity index (χ3n) is 4.55. The summed E-state index contributed by atoms with van der Waals surface area (Å²) in [5.74, 6) is -0.828. The number of fused-ring (bicyclic) bond motifs is 3. The molecule has 1 aliphatic rings. The number of hydrogen-bond donors (Lipinski definition) is 1. The van der Waals surface area contributed by atoms with Crippen LogP contribution in [0.1, 0.15) is 22.6 Å². The minimum Gasteiger partial charge on any atom is -0.439 e. The first-order valence-electron chi connectivity index (χ1n) is 8.11. The predicted octanol–water partition coefficient (Wildman–Crippen LogP) is 4.50. The van der Waals surface area contributed by atoms with Gasteiger partial charge in [-0.3, -0.25) is 4.79 Å². The second-order valence-corrected chi connectivity index (χ2v) is 7.19. The van der Waals surface area contributed by atoms with E-state index in [-0.39, 0.29) is 27.5 Å². The van der Waals surface area contributed by atoms with Gasteiger partial charge in [-0.25, -0.2) is 0 Å². The Morgan fingerprint density at radius 3 is 2.43 bits per heavy atom. The van der Waals surface area contributed by atoms with Crippen LogP contribution < -0.4 is 15.2 Å². The molecule has 1 aromatic heterocycles. The van der Waals surface area contributed by atoms with Crippen molar-refractivity contribution in [3.8, 4) is 11.8 Å². The van der Waals surface area contributed by atoms with Crippen molar-refractivity contribution in [2.24, 2.45) is 5.73 Å². The first-order chi connectivity index (χ1) is 13.3. The maximum absolute atomic E-state index is 12.9. The lowest BCUT2D eigenvalue weighted by Crippen LogP contribution is -2.25. The van der Waals surface area contributed by atoms with Crippen molar-refractivity contribution in [1.82, 2.24) is 0 Å². The summed E-state index contributed by atoms with van der Waals surface area (Å²) >= 11 is 0.988. The number of nitriles is 1. The number of allylic oxidation sites excluding steroid dienone is 1. The molecule has 2 aromatic carbocycles. The van der Waals surface area contributed by atoms with Crippen LogP contribution in [0.15, 0.2) is 64.8 Å². The molecule has 0 saturated carbocycles. The van der Waals surface area contributed by atoms with E-state index in [0.717, 1.165) is 23.5 Å². The Kier molecular flexibility index (Phi) is 4.12. The largest absolute Gasteiger partial charge is 0.439 e. The zero-order valence-corrected chi connectivity index (χ0v) is 14.9. The molecule has 1 atom stereocenters. The number of benzene rings is 2. The van der Waals surface area contributed by atoms with Gasteiger partial charge in [-0.2, -0.15) is 18.4 Å². The molecule has 8 heteroatoms. The van der Waals surface area contributed by atoms with Gasteiger partial charge in [0.15, 0.2) is 0 Å². The SMILES string of the molecule is N#CC1=C(N)Oc2c(c(=O)sc3ccccc23)[C@H]1c1ccc(C(F)(F)F)cc1. The van der Waals surface area contributed by atoms with E-state index in [4.69, 9.17) is 10.5 Å². The van der Waals surface area contributed by atoms with Crippen LogP contribution >= 0.6 is 11.3 Å². The van der Waals surface area contributed by atoms with E-state index >= 15 is 0 Å². The fraction of sp³-hybridized carbons (Fsp3) is 0.100. The normalized spacial score (nSPS) is 16.4. The van der Waals surface area contributed by atoms with Crippen LogP contribution in [-0.4, -0.2) is 0 Å². The first-order valence-corrected chi connectivity index (χ1v) is 8.93. The van der Waals surface area contributed by atoms with E-state index in [2.05, 4.69) is 0 Å². The molecule has 1 aliphatic heterocycles. The summed E-state index contributed by atoms with van der Waals surface area (Å²) < 4.78 is 44.7. The van der Waals surface area contributed by atoms with E-state index in [9.17, 15) is 23.2 Å². The highest BCUT2D eigenvalue weighted by Gasteiger charge is 2.35. The van der Waals surface area contributed by atoms with Crippen molar-refractivity contribution in [3.63, 3.8) is 0 Å². The van der Waals surface area contributed by atoms with Crippen LogP contribution in [0.2, 0.25) is 0 Å². The average molecular weight is 400 g/mol. The molecule has 4 nitrogen and oxygen atoms in total. The van der Waals surface area contributed by atoms with Gasteiger partial charge in [0, 0.05) is 10.1 Å². The van der Waals surface area contributed by atoms with E-state index in [1.807, 2.05) is 6.07 Å². The number of halogens is 3. The van der Waals surface area contributed by atoms with E-state index in [0.29, 0.717) is 15.6 Å². The number of nitrogens with zero attached hydrogens (tertiary/aromatic N) is 1. The molecule has 0 aliphatic carbocycles. The molecule has 4 rings (SSSR count). The second kappa shape index (κ2) is 6.39. The van der Waals surface area contributed by atoms with Crippen LogP contribution in [0.25, 0.3) is 10.1 Å². The molecule has 0 bridgehead atoms. The lowest BCUT2D eigenvalue weighted by atomic mass is 9.84. The molecular formula is C20H11F3N2O2S. The number of rotatable bonds is 1. The minimum absolute atomic E-state index is 0.00756. The van der Waals surface area contributed by atoms with Crippen LogP contribution in [-0.2, 0) is 6.18 Å². The average Bonchev–Trinajstić information content (AvgIpc) is 2.66. The Labute approximate surface area is 160 Å². The quantitative estimate of drug-likeness (QED) is 0.653. The Hall–Kier alpha value is -3.31. The standard InChI is InChI=1S/C20H11F3N2O2S/c21-20(22,23)11-7-5-10(6-8-11)15-13(9-24)18(25)27-17-12-3-1-2-4-14(12)28-19(26)16(15)17/h1-8,15H,25H2/t15-/m0/s1. The summed E-state index contributed by atoms with van der Waals surface area (Å²) in [5, 5.41) is 10.2. The molecule has 0 radical (unpaired) electrons. The highest BCUT2D eigenvalue weighted by atomic mass is 32.1. The fourth-order valence-corrected chi connectivity index (χ4v) is 4.20. The van der Waals surface area contributed by atoms with E-state index in [1.54, 1.807) is 24.3 Å². The highest BCUT2D eigenvalue weighted by Crippen LogP contribution is 2.44. The van der Waals surface area contributed by atoms with Gasteiger partial charge >= 0.3 is 6.18 Å². The Morgan fingerprint density at radius 1 is 1.11 bits per heavy atom. The molecule has 28 heavy (non-hydrogen) atoms. The monoisotopic (exact) mass is 400 g/mol. The summed E-state index contributed by atoms with van der Waals surface area (Å²) in [4.78, 5) is 12.8. The van der Waals surface area contributed by atoms with Crippen molar-refractivity contribution < 1.29 is 17.9 Å². The topological polar surface area (TPSA) is 76.1 Å². The molecule has 2 N–H and O–H groups in total. The molecule has 0 amide bonds. The molecule has 2 heterocycles. The molecular weight excluding hydrogens is 389 g/mol. The summed E-state index contributed by atoms with van der Waals surface area (Å²) in [6.45, 7) is 0. The van der Waals surface area contributed by atoms with E-state index < -0.39 is 17.7 Å². The zero-order valence-electron chi connectivity index (χ0n) is 14.1. The molecule has 140 valence electrons. The molecule has 0 fully saturated rings. The van der Waals surface area contributed by atoms with Gasteiger partial charge in [-0.15, -0.1) is 0 Å². The van der Waals surface area contributed by atoms with Gasteiger partial charge in [0.1, 0.15) is 17.4 Å². The van der Waals surface area contributed by atoms with Gasteiger partial charge in [-0.05, 0) is 29.8 Å². The second-order valence-electron chi connectivity index (χ2n) is 6.17. The van der Waals surface area contributed by atoms with Gasteiger partial charge < -0.3 is 10.5 Å². The van der Waals surface area contributed by atoms with Crippen molar-refractivity contribution in [2.75, 3.05) is 0 Å². The lowest BCUT2D eigenvalue weighted by molar-refractivity contribution is -0.137. The zero-order chi connectivity index (χ0) is 20.1. The highest BCUT2D eigenvalue weighted by molar-refractivity contribution is 7.16. The summed E-state index contributed by atoms with van der Waals surface area (Å²) in [6.07, 6.45) is -4.49. The Balaban J connectivity index is 1.98. The van der Waals surface area contributed by atoms with Crippen LogP contribution in [0.3, 0.4) is 0 Å². The number of hydrogen-bond acceptors (Lipinski definition) is 5. The van der Waals surface area contributed by atoms with Gasteiger partial charge in [0.25, 0.3) is 0 Å². The van der Waals surface area contributed by atoms with E-state index in [1.165, 1.54) is 12.1 Å². The third kappa shape index (κ3) is 2.80. The maximum Gasteiger partial charge on any atom is 0.416 e. The molecule has 0 spiro atoms. The molecule has 0 unspecified atom stereocenters. The van der Waals surface area contributed by atoms with Crippen molar-refractivity contribution in [1.29, 1.82) is 5.26 Å². The number of nitrogens with two attached hydrogens (primary N) is 1. The minimum atomic E-state index is -4.49. The maximum atomic E-state index is 12.9. The van der Waals surface area contributed by atoms with Crippen LogP contribution in [0.4, 0.5) is 13.2 Å².